The summed E-state index contributed by atoms with van der Waals surface area (Å²) in [7, 11) is 1.70. The van der Waals surface area contributed by atoms with Crippen molar-refractivity contribution in [3.05, 3.63) is 77.4 Å². The van der Waals surface area contributed by atoms with Crippen LogP contribution in [0.25, 0.3) is 0 Å². The van der Waals surface area contributed by atoms with Crippen molar-refractivity contribution in [3.63, 3.8) is 0 Å². The molecule has 330 valence electrons. The van der Waals surface area contributed by atoms with E-state index in [-0.39, 0.29) is 55.9 Å². The van der Waals surface area contributed by atoms with Crippen molar-refractivity contribution in [1.29, 1.82) is 0 Å². The van der Waals surface area contributed by atoms with Gasteiger partial charge in [-0.1, -0.05) is 98.1 Å². The zero-order valence-electron chi connectivity index (χ0n) is 37.6. The van der Waals surface area contributed by atoms with Gasteiger partial charge in [-0.05, 0) is 71.2 Å². The molecule has 5 amide bonds. The van der Waals surface area contributed by atoms with E-state index in [1.54, 1.807) is 21.0 Å². The fraction of sp³-hybridized carbons (Fsp3) is 0.511. The number of benzene rings is 2. The Balaban J connectivity index is 0. The highest BCUT2D eigenvalue weighted by atomic mass is 16.7. The maximum absolute atomic E-state index is 12.6. The molecule has 3 aliphatic rings. The Bertz CT molecular complexity index is 1810. The Kier molecular flexibility index (Phi) is 27.7. The summed E-state index contributed by atoms with van der Waals surface area (Å²) in [6.07, 6.45) is 3.23. The number of anilines is 1. The number of methoxy groups -OCH3 is 1. The predicted molar refractivity (Wildman–Crippen MR) is 237 cm³/mol. The van der Waals surface area contributed by atoms with Crippen molar-refractivity contribution in [2.45, 2.75) is 135 Å². The Morgan fingerprint density at radius 2 is 1.18 bits per heavy atom. The average molecular weight is 833 g/mol. The van der Waals surface area contributed by atoms with Gasteiger partial charge in [0.05, 0.1) is 29.4 Å². The third kappa shape index (κ3) is 21.3. The van der Waals surface area contributed by atoms with E-state index in [4.69, 9.17) is 4.74 Å². The second-order valence-corrected chi connectivity index (χ2v) is 15.5. The molecule has 1 saturated heterocycles. The molecule has 0 unspecified atom stereocenters. The van der Waals surface area contributed by atoms with Crippen molar-refractivity contribution in [2.75, 3.05) is 12.0 Å². The fourth-order valence-corrected chi connectivity index (χ4v) is 4.43. The molecule has 0 aliphatic carbocycles. The Labute approximate surface area is 359 Å². The molecular formula is C47H70N5O8+. The van der Waals surface area contributed by atoms with Gasteiger partial charge in [0, 0.05) is 60.0 Å². The topological polar surface area (TPSA) is 157 Å². The third-order valence-corrected chi connectivity index (χ3v) is 7.43. The minimum Gasteiger partial charge on any atom is -0.382 e. The Hall–Kier alpha value is -5.70. The first-order valence-corrected chi connectivity index (χ1v) is 19.9. The quantitative estimate of drug-likeness (QED) is 0.0926. The number of imide groups is 2. The van der Waals surface area contributed by atoms with Gasteiger partial charge in [0.1, 0.15) is 6.04 Å². The van der Waals surface area contributed by atoms with Crippen molar-refractivity contribution >= 4 is 47.9 Å². The maximum Gasteiger partial charge on any atom is 0.335 e. The molecule has 0 saturated carbocycles. The lowest BCUT2D eigenvalue weighted by Gasteiger charge is -2.27. The van der Waals surface area contributed by atoms with Gasteiger partial charge in [-0.2, -0.15) is 0 Å². The number of ether oxygens (including phenoxy) is 1. The number of rotatable bonds is 6. The normalized spacial score (nSPS) is 13.2. The van der Waals surface area contributed by atoms with Gasteiger partial charge in [0.25, 0.3) is 30.3 Å². The summed E-state index contributed by atoms with van der Waals surface area (Å²) in [5.41, 5.74) is 3.89. The largest absolute Gasteiger partial charge is 0.382 e. The first-order valence-electron chi connectivity index (χ1n) is 19.9. The minimum absolute atomic E-state index is 0. The summed E-state index contributed by atoms with van der Waals surface area (Å²) in [6, 6.07) is 16.1. The van der Waals surface area contributed by atoms with Gasteiger partial charge < -0.3 is 14.5 Å². The number of carbonyl (C=O) groups is 6. The maximum atomic E-state index is 12.6. The SMILES string of the molecule is C.C=[N+]=NC(C)C.CC(C)C.CC(C)C(=O)N1Cc2ccccc2C#Cc2ccccc21.CC(C)C(=O)ON1C(=O)CCC1=O.CC(C)N1C(=O)C=CC1=O.COC(C)C. The molecule has 0 spiro atoms. The van der Waals surface area contributed by atoms with E-state index in [0.717, 1.165) is 28.3 Å². The number of fused-ring (bicyclic) bond motifs is 2. The smallest absolute Gasteiger partial charge is 0.335 e. The monoisotopic (exact) mass is 833 g/mol. The van der Waals surface area contributed by atoms with Gasteiger partial charge in [-0.15, -0.1) is 5.06 Å². The summed E-state index contributed by atoms with van der Waals surface area (Å²) >= 11 is 0. The van der Waals surface area contributed by atoms with Gasteiger partial charge in [0.2, 0.25) is 5.91 Å². The lowest BCUT2D eigenvalue weighted by molar-refractivity contribution is -0.199. The molecule has 2 aromatic rings. The second kappa shape index (κ2) is 29.5. The van der Waals surface area contributed by atoms with Gasteiger partial charge in [-0.25, -0.2) is 4.79 Å². The van der Waals surface area contributed by atoms with Crippen LogP contribution in [-0.4, -0.2) is 82.3 Å². The van der Waals surface area contributed by atoms with Crippen LogP contribution in [0.3, 0.4) is 0 Å². The number of hydroxylamine groups is 2. The molecule has 1 fully saturated rings. The van der Waals surface area contributed by atoms with E-state index in [1.807, 2.05) is 109 Å². The lowest BCUT2D eigenvalue weighted by atomic mass is 10.0. The Morgan fingerprint density at radius 1 is 0.733 bits per heavy atom. The van der Waals surface area contributed by atoms with Crippen molar-refractivity contribution in [2.24, 2.45) is 22.9 Å². The van der Waals surface area contributed by atoms with Crippen molar-refractivity contribution < 1.29 is 43.1 Å². The summed E-state index contributed by atoms with van der Waals surface area (Å²) in [4.78, 5) is 78.2. The van der Waals surface area contributed by atoms with Crippen LogP contribution in [0.5, 0.6) is 0 Å². The molecule has 3 aliphatic heterocycles. The van der Waals surface area contributed by atoms with E-state index < -0.39 is 17.8 Å². The van der Waals surface area contributed by atoms with Gasteiger partial charge in [0.15, 0.2) is 0 Å². The average Bonchev–Trinajstić information content (AvgIpc) is 3.67. The number of para-hydroxylation sites is 1. The van der Waals surface area contributed by atoms with Crippen LogP contribution >= 0.6 is 0 Å². The highest BCUT2D eigenvalue weighted by molar-refractivity contribution is 6.13. The summed E-state index contributed by atoms with van der Waals surface area (Å²) in [6.45, 7) is 28.9. The molecule has 0 aromatic heterocycles. The highest BCUT2D eigenvalue weighted by Crippen LogP contribution is 2.26. The molecule has 0 bridgehead atoms. The minimum atomic E-state index is -0.566. The number of nitrogens with zero attached hydrogens (tertiary/aromatic N) is 5. The summed E-state index contributed by atoms with van der Waals surface area (Å²) in [5.74, 6) is 5.12. The second-order valence-electron chi connectivity index (χ2n) is 15.5. The lowest BCUT2D eigenvalue weighted by Crippen LogP contribution is -2.36. The van der Waals surface area contributed by atoms with E-state index >= 15 is 0 Å². The number of carbonyl (C=O) groups excluding carboxylic acids is 6. The molecule has 60 heavy (non-hydrogen) atoms. The third-order valence-electron chi connectivity index (χ3n) is 7.43. The molecular weight excluding hydrogens is 763 g/mol. The molecule has 13 heteroatoms. The van der Waals surface area contributed by atoms with E-state index in [0.29, 0.717) is 23.8 Å². The van der Waals surface area contributed by atoms with E-state index in [9.17, 15) is 28.8 Å². The predicted octanol–water partition coefficient (Wildman–Crippen LogP) is 8.25. The van der Waals surface area contributed by atoms with Crippen LogP contribution in [0.1, 0.15) is 127 Å². The summed E-state index contributed by atoms with van der Waals surface area (Å²) < 4.78 is 4.75. The number of amides is 5. The van der Waals surface area contributed by atoms with Crippen LogP contribution in [0.2, 0.25) is 0 Å². The first kappa shape index (κ1) is 56.4. The van der Waals surface area contributed by atoms with E-state index in [2.05, 4.69) is 54.1 Å². The van der Waals surface area contributed by atoms with Crippen LogP contribution in [0.15, 0.2) is 65.8 Å². The zero-order chi connectivity index (χ0) is 45.4. The molecule has 13 nitrogen and oxygen atoms in total. The Morgan fingerprint density at radius 3 is 1.57 bits per heavy atom. The fourth-order valence-electron chi connectivity index (χ4n) is 4.43. The highest BCUT2D eigenvalue weighted by Gasteiger charge is 2.33. The van der Waals surface area contributed by atoms with Crippen LogP contribution in [0.4, 0.5) is 5.69 Å². The molecule has 2 aromatic carbocycles. The van der Waals surface area contributed by atoms with Gasteiger partial charge >= 0.3 is 5.97 Å². The first-order chi connectivity index (χ1) is 27.6. The molecule has 0 atom stereocenters. The zero-order valence-corrected chi connectivity index (χ0v) is 37.6. The number of hydrogen-bond acceptors (Lipinski definition) is 9. The van der Waals surface area contributed by atoms with Crippen LogP contribution in [-0.2, 0) is 44.9 Å². The standard InChI is InChI=1S/C19H17NO.C8H11NO4.C7H9NO2.C4H9N2.C4H10O.C4H10.CH4/c1-14(2)19(21)20-13-17-9-4-3-7-15(17)11-12-16-8-5-6-10-18(16)20;1-5(2)8(12)13-9-6(10)3-4-7(9)11;1-5(2)8-6(9)3-4-7(8)10;1-4(2)6-5-3;1-4(2)5-3;1-4(2)3;/h3-10,14H,13H2,1-2H3;5H,3-4H2,1-2H3;3-5H,1-2H3;4H,3H2,1-2H3;4H,1-3H3;4H,1-3H3;1H4/q;;;+1;;;. The van der Waals surface area contributed by atoms with E-state index in [1.165, 1.54) is 17.1 Å². The molecule has 0 N–H and O–H groups in total. The molecule has 3 heterocycles. The van der Waals surface area contributed by atoms with Gasteiger partial charge in [-0.3, -0.25) is 28.9 Å². The van der Waals surface area contributed by atoms with Crippen LogP contribution < -0.4 is 4.90 Å². The molecule has 5 rings (SSSR count). The van der Waals surface area contributed by atoms with Crippen LogP contribution in [0, 0.1) is 29.6 Å². The van der Waals surface area contributed by atoms with Crippen molar-refractivity contribution in [1.82, 2.24) is 9.96 Å². The summed E-state index contributed by atoms with van der Waals surface area (Å²) in [5, 5.41) is 4.20. The van der Waals surface area contributed by atoms with Crippen molar-refractivity contribution in [3.8, 4) is 11.8 Å². The molecule has 0 radical (unpaired) electrons. The number of hydrogen-bond donors (Lipinski definition) is 0.